The summed E-state index contributed by atoms with van der Waals surface area (Å²) in [5.74, 6) is 0.797. The van der Waals surface area contributed by atoms with Crippen LogP contribution in [0.2, 0.25) is 0 Å². The van der Waals surface area contributed by atoms with Gasteiger partial charge in [0, 0.05) is 28.8 Å². The molecule has 7 nitrogen and oxygen atoms in total. The van der Waals surface area contributed by atoms with Crippen LogP contribution in [0.25, 0.3) is 33.5 Å². The van der Waals surface area contributed by atoms with Gasteiger partial charge in [0.2, 0.25) is 5.75 Å². The third kappa shape index (κ3) is 6.00. The number of alkyl halides is 3. The number of para-hydroxylation sites is 1. The smallest absolute Gasteiger partial charge is 0.419 e. The molecule has 0 N–H and O–H groups in total. The second-order valence-corrected chi connectivity index (χ2v) is 10.2. The van der Waals surface area contributed by atoms with Gasteiger partial charge in [-0.05, 0) is 42.0 Å². The first-order valence-electron chi connectivity index (χ1n) is 12.9. The van der Waals surface area contributed by atoms with Crippen LogP contribution < -0.4 is 14.2 Å². The normalized spacial score (nSPS) is 11.5. The Morgan fingerprint density at radius 1 is 0.930 bits per heavy atom. The summed E-state index contributed by atoms with van der Waals surface area (Å²) in [4.78, 5) is 4.88. The molecule has 2 heterocycles. The number of ether oxygens (including phenoxy) is 3. The van der Waals surface area contributed by atoms with Crippen LogP contribution in [0.15, 0.2) is 78.5 Å². The minimum atomic E-state index is -4.76. The molecule has 0 spiro atoms. The van der Waals surface area contributed by atoms with Crippen molar-refractivity contribution >= 4 is 22.7 Å². The number of fused-ring (bicyclic) bond motifs is 1. The number of rotatable bonds is 10. The zero-order chi connectivity index (χ0) is 30.7. The van der Waals surface area contributed by atoms with Gasteiger partial charge >= 0.3 is 6.18 Å². The molecule has 0 saturated carbocycles. The molecule has 43 heavy (non-hydrogen) atoms. The maximum Gasteiger partial charge on any atom is 0.419 e. The van der Waals surface area contributed by atoms with E-state index in [4.69, 9.17) is 19.2 Å². The summed E-state index contributed by atoms with van der Waals surface area (Å²) >= 11 is 1.23. The van der Waals surface area contributed by atoms with Gasteiger partial charge in [0.25, 0.3) is 0 Å². The highest BCUT2D eigenvalue weighted by Gasteiger charge is 2.34. The van der Waals surface area contributed by atoms with E-state index in [1.807, 2.05) is 34.9 Å². The lowest BCUT2D eigenvalue weighted by atomic mass is 10.0. The van der Waals surface area contributed by atoms with E-state index in [0.717, 1.165) is 28.6 Å². The van der Waals surface area contributed by atoms with E-state index in [-0.39, 0.29) is 5.75 Å². The zero-order valence-electron chi connectivity index (χ0n) is 23.4. The molecule has 5 aromatic rings. The number of aromatic nitrogens is 4. The van der Waals surface area contributed by atoms with Crippen molar-refractivity contribution in [3.05, 3.63) is 90.3 Å². The lowest BCUT2D eigenvalue weighted by Crippen LogP contribution is -2.08. The summed E-state index contributed by atoms with van der Waals surface area (Å²) in [6, 6.07) is 16.0. The lowest BCUT2D eigenvalue weighted by molar-refractivity contribution is -0.140. The van der Waals surface area contributed by atoms with E-state index in [0.29, 0.717) is 51.5 Å². The maximum atomic E-state index is 14.2. The average Bonchev–Trinajstić information content (AvgIpc) is 3.40. The summed E-state index contributed by atoms with van der Waals surface area (Å²) in [5, 5.41) is 10.2. The van der Waals surface area contributed by atoms with Crippen LogP contribution >= 0.6 is 11.8 Å². The fraction of sp³-hybridized carbons (Fsp3) is 0.194. The molecule has 0 aliphatic carbocycles. The quantitative estimate of drug-likeness (QED) is 0.0907. The second-order valence-electron chi connectivity index (χ2n) is 9.29. The van der Waals surface area contributed by atoms with Crippen LogP contribution in [-0.2, 0) is 18.5 Å². The van der Waals surface area contributed by atoms with Crippen LogP contribution in [0.5, 0.6) is 17.2 Å². The molecule has 222 valence electrons. The minimum Gasteiger partial charge on any atom is -0.493 e. The molecule has 0 saturated heterocycles. The Labute approximate surface area is 249 Å². The van der Waals surface area contributed by atoms with Gasteiger partial charge < -0.3 is 14.2 Å². The van der Waals surface area contributed by atoms with Crippen LogP contribution in [0.1, 0.15) is 11.1 Å². The lowest BCUT2D eigenvalue weighted by Gasteiger charge is -2.15. The molecule has 0 atom stereocenters. The predicted octanol–water partition coefficient (Wildman–Crippen LogP) is 7.82. The number of benzene rings is 3. The first-order valence-corrected chi connectivity index (χ1v) is 13.9. The number of halogens is 4. The Morgan fingerprint density at radius 2 is 1.65 bits per heavy atom. The van der Waals surface area contributed by atoms with Crippen molar-refractivity contribution in [1.29, 1.82) is 0 Å². The average molecular weight is 611 g/mol. The van der Waals surface area contributed by atoms with E-state index in [9.17, 15) is 17.6 Å². The standard InChI is InChI=1S/C31H26F4N4O3S/c1-5-12-39-29(37-38-30(39)43-17-18-10-11-22(23(32)13-18)31(33,34)35)21-16-25(36-24-9-7-6-8-20(21)24)19-14-26(40-2)28(42-4)27(15-19)41-3/h5-11,13-16H,1,12,17H2,2-4H3. The topological polar surface area (TPSA) is 71.3 Å². The number of methoxy groups -OCH3 is 3. The van der Waals surface area contributed by atoms with Crippen LogP contribution in [0.4, 0.5) is 17.6 Å². The number of thioether (sulfide) groups is 1. The number of hydrogen-bond acceptors (Lipinski definition) is 7. The van der Waals surface area contributed by atoms with Crippen LogP contribution in [0.3, 0.4) is 0 Å². The molecule has 0 bridgehead atoms. The monoisotopic (exact) mass is 610 g/mol. The Hall–Kier alpha value is -4.58. The van der Waals surface area contributed by atoms with E-state index < -0.39 is 17.6 Å². The molecule has 0 unspecified atom stereocenters. The zero-order valence-corrected chi connectivity index (χ0v) is 24.2. The van der Waals surface area contributed by atoms with Gasteiger partial charge in [-0.15, -0.1) is 16.8 Å². The largest absolute Gasteiger partial charge is 0.493 e. The fourth-order valence-corrected chi connectivity index (χ4v) is 5.54. The van der Waals surface area contributed by atoms with Gasteiger partial charge in [-0.2, -0.15) is 13.2 Å². The van der Waals surface area contributed by atoms with Crippen LogP contribution in [-0.4, -0.2) is 41.1 Å². The second kappa shape index (κ2) is 12.3. The van der Waals surface area contributed by atoms with Gasteiger partial charge in [0.05, 0.1) is 38.1 Å². The molecular weight excluding hydrogens is 584 g/mol. The molecule has 12 heteroatoms. The van der Waals surface area contributed by atoms with E-state index >= 15 is 0 Å². The Kier molecular flexibility index (Phi) is 8.58. The molecule has 0 amide bonds. The number of pyridine rings is 1. The highest BCUT2D eigenvalue weighted by atomic mass is 32.2. The first-order chi connectivity index (χ1) is 20.7. The molecular formula is C31H26F4N4O3S. The Bertz CT molecular complexity index is 1780. The van der Waals surface area contributed by atoms with Crippen molar-refractivity contribution in [2.75, 3.05) is 21.3 Å². The van der Waals surface area contributed by atoms with Gasteiger partial charge in [0.15, 0.2) is 22.5 Å². The number of nitrogens with zero attached hydrogens (tertiary/aromatic N) is 4. The predicted molar refractivity (Wildman–Crippen MR) is 157 cm³/mol. The summed E-state index contributed by atoms with van der Waals surface area (Å²) in [6.07, 6.45) is -3.07. The van der Waals surface area contributed by atoms with E-state index in [1.165, 1.54) is 39.2 Å². The number of hydrogen-bond donors (Lipinski definition) is 0. The van der Waals surface area contributed by atoms with E-state index in [2.05, 4.69) is 16.8 Å². The summed E-state index contributed by atoms with van der Waals surface area (Å²) in [7, 11) is 4.61. The first kappa shape index (κ1) is 29.9. The van der Waals surface area contributed by atoms with Crippen molar-refractivity contribution in [1.82, 2.24) is 19.7 Å². The van der Waals surface area contributed by atoms with Crippen molar-refractivity contribution in [2.45, 2.75) is 23.6 Å². The third-order valence-corrected chi connectivity index (χ3v) is 7.69. The van der Waals surface area contributed by atoms with Gasteiger partial charge in [0.1, 0.15) is 5.82 Å². The van der Waals surface area contributed by atoms with Crippen molar-refractivity contribution in [3.8, 4) is 39.9 Å². The summed E-state index contributed by atoms with van der Waals surface area (Å²) in [5.41, 5.74) is 1.88. The van der Waals surface area contributed by atoms with E-state index in [1.54, 1.807) is 18.2 Å². The molecule has 5 rings (SSSR count). The Balaban J connectivity index is 1.57. The van der Waals surface area contributed by atoms with Gasteiger partial charge in [-0.1, -0.05) is 42.1 Å². The number of allylic oxidation sites excluding steroid dienone is 1. The van der Waals surface area contributed by atoms with Crippen molar-refractivity contribution in [2.24, 2.45) is 0 Å². The summed E-state index contributed by atoms with van der Waals surface area (Å²) < 4.78 is 71.5. The highest BCUT2D eigenvalue weighted by Crippen LogP contribution is 2.42. The highest BCUT2D eigenvalue weighted by molar-refractivity contribution is 7.98. The molecule has 0 fully saturated rings. The molecule has 0 aliphatic heterocycles. The maximum absolute atomic E-state index is 14.2. The van der Waals surface area contributed by atoms with Gasteiger partial charge in [-0.3, -0.25) is 4.57 Å². The SMILES string of the molecule is C=CCn1c(SCc2ccc(C(F)(F)F)c(F)c2)nnc1-c1cc(-c2cc(OC)c(OC)c(OC)c2)nc2ccccc12. The van der Waals surface area contributed by atoms with Gasteiger partial charge in [-0.25, -0.2) is 9.37 Å². The minimum absolute atomic E-state index is 0.179. The van der Waals surface area contributed by atoms with Crippen molar-refractivity contribution in [3.63, 3.8) is 0 Å². The Morgan fingerprint density at radius 3 is 2.28 bits per heavy atom. The van der Waals surface area contributed by atoms with Crippen molar-refractivity contribution < 1.29 is 31.8 Å². The molecule has 3 aromatic carbocycles. The summed E-state index contributed by atoms with van der Waals surface area (Å²) in [6.45, 7) is 4.21. The third-order valence-electron chi connectivity index (χ3n) is 6.65. The molecule has 2 aromatic heterocycles. The fourth-order valence-electron chi connectivity index (χ4n) is 4.65. The van der Waals surface area contributed by atoms with Crippen LogP contribution in [0, 0.1) is 5.82 Å². The molecule has 0 radical (unpaired) electrons. The molecule has 0 aliphatic rings.